The van der Waals surface area contributed by atoms with Gasteiger partial charge in [0.15, 0.2) is 0 Å². The summed E-state index contributed by atoms with van der Waals surface area (Å²) in [4.78, 5) is 23.9. The number of anilines is 1. The Bertz CT molecular complexity index is 415. The Labute approximate surface area is 87.7 Å². The van der Waals surface area contributed by atoms with Crippen LogP contribution in [0, 0.1) is 6.07 Å². The van der Waals surface area contributed by atoms with E-state index in [-0.39, 0.29) is 12.5 Å². The molecule has 0 aliphatic carbocycles. The molecule has 1 aromatic rings. The molecule has 0 saturated carbocycles. The number of primary amides is 1. The lowest BCUT2D eigenvalue weighted by Crippen LogP contribution is -2.41. The summed E-state index contributed by atoms with van der Waals surface area (Å²) in [7, 11) is 0. The van der Waals surface area contributed by atoms with Crippen LogP contribution in [-0.2, 0) is 16.0 Å². The first kappa shape index (κ1) is 9.71. The third kappa shape index (κ3) is 1.83. The van der Waals surface area contributed by atoms with E-state index in [1.54, 1.807) is 12.1 Å². The molecule has 2 N–H and O–H groups in total. The van der Waals surface area contributed by atoms with Gasteiger partial charge in [0.05, 0.1) is 0 Å². The van der Waals surface area contributed by atoms with Crippen molar-refractivity contribution in [3.05, 3.63) is 29.8 Å². The molecule has 1 aliphatic rings. The Morgan fingerprint density at radius 1 is 1.53 bits per heavy atom. The van der Waals surface area contributed by atoms with Gasteiger partial charge in [0.1, 0.15) is 6.54 Å². The number of hydrogen-bond donors (Lipinski definition) is 1. The van der Waals surface area contributed by atoms with E-state index >= 15 is 0 Å². The lowest BCUT2D eigenvalue weighted by atomic mass is 10.0. The molecule has 0 aromatic heterocycles. The fourth-order valence-corrected chi connectivity index (χ4v) is 1.76. The second kappa shape index (κ2) is 3.73. The molecule has 1 radical (unpaired) electrons. The summed E-state index contributed by atoms with van der Waals surface area (Å²) in [5, 5.41) is 0. The molecular weight excluding hydrogens is 192 g/mol. The highest BCUT2D eigenvalue weighted by molar-refractivity contribution is 6.00. The molecule has 4 nitrogen and oxygen atoms in total. The molecule has 0 fully saturated rings. The zero-order chi connectivity index (χ0) is 10.8. The highest BCUT2D eigenvalue weighted by atomic mass is 16.2. The lowest BCUT2D eigenvalue weighted by Gasteiger charge is -2.28. The van der Waals surface area contributed by atoms with Crippen LogP contribution in [0.15, 0.2) is 18.2 Å². The smallest absolute Gasteiger partial charge is 0.237 e. The Balaban J connectivity index is 2.37. The van der Waals surface area contributed by atoms with Crippen LogP contribution in [0.1, 0.15) is 12.0 Å². The van der Waals surface area contributed by atoms with Crippen molar-refractivity contribution in [1.82, 2.24) is 0 Å². The number of benzene rings is 1. The van der Waals surface area contributed by atoms with E-state index in [4.69, 9.17) is 5.73 Å². The number of carbonyl (C=O) groups is 2. The maximum absolute atomic E-state index is 11.6. The zero-order valence-electron chi connectivity index (χ0n) is 8.19. The van der Waals surface area contributed by atoms with E-state index in [1.807, 2.05) is 6.07 Å². The topological polar surface area (TPSA) is 63.4 Å². The predicted octanol–water partition coefficient (Wildman–Crippen LogP) is 0.251. The minimum absolute atomic E-state index is 0.0458. The van der Waals surface area contributed by atoms with Crippen molar-refractivity contribution in [1.29, 1.82) is 0 Å². The van der Waals surface area contributed by atoms with Gasteiger partial charge in [0, 0.05) is 12.1 Å². The van der Waals surface area contributed by atoms with Crippen molar-refractivity contribution in [3.63, 3.8) is 0 Å². The number of rotatable bonds is 2. The highest BCUT2D eigenvalue weighted by Gasteiger charge is 2.24. The Morgan fingerprint density at radius 2 is 2.33 bits per heavy atom. The molecule has 4 heteroatoms. The van der Waals surface area contributed by atoms with Crippen molar-refractivity contribution in [2.24, 2.45) is 5.73 Å². The van der Waals surface area contributed by atoms with Gasteiger partial charge >= 0.3 is 0 Å². The third-order valence-electron chi connectivity index (χ3n) is 2.44. The van der Waals surface area contributed by atoms with Gasteiger partial charge in [-0.1, -0.05) is 6.07 Å². The number of amides is 2. The van der Waals surface area contributed by atoms with E-state index < -0.39 is 5.91 Å². The Hall–Kier alpha value is -1.84. The average Bonchev–Trinajstić information content (AvgIpc) is 2.22. The maximum Gasteiger partial charge on any atom is 0.237 e. The summed E-state index contributed by atoms with van der Waals surface area (Å²) in [6, 6.07) is 8.31. The van der Waals surface area contributed by atoms with Gasteiger partial charge in [-0.05, 0) is 30.2 Å². The second-order valence-electron chi connectivity index (χ2n) is 3.50. The molecule has 0 spiro atoms. The number of carbonyl (C=O) groups excluding carboxylic acids is 2. The van der Waals surface area contributed by atoms with Crippen molar-refractivity contribution in [2.75, 3.05) is 11.4 Å². The third-order valence-corrected chi connectivity index (χ3v) is 2.44. The fourth-order valence-electron chi connectivity index (χ4n) is 1.76. The van der Waals surface area contributed by atoms with Gasteiger partial charge in [-0.3, -0.25) is 9.59 Å². The van der Waals surface area contributed by atoms with Gasteiger partial charge in [0.2, 0.25) is 11.8 Å². The number of fused-ring (bicyclic) bond motifs is 1. The molecular formula is C11H11N2O2. The first-order chi connectivity index (χ1) is 7.18. The fraction of sp³-hybridized carbons (Fsp3) is 0.273. The van der Waals surface area contributed by atoms with Crippen LogP contribution in [0.4, 0.5) is 5.69 Å². The van der Waals surface area contributed by atoms with Crippen molar-refractivity contribution < 1.29 is 9.59 Å². The summed E-state index contributed by atoms with van der Waals surface area (Å²) >= 11 is 0. The van der Waals surface area contributed by atoms with Gasteiger partial charge in [-0.2, -0.15) is 0 Å². The van der Waals surface area contributed by atoms with Gasteiger partial charge < -0.3 is 10.6 Å². The molecule has 0 saturated heterocycles. The quantitative estimate of drug-likeness (QED) is 0.749. The highest BCUT2D eigenvalue weighted by Crippen LogP contribution is 2.26. The van der Waals surface area contributed by atoms with Gasteiger partial charge in [-0.15, -0.1) is 0 Å². The van der Waals surface area contributed by atoms with E-state index in [2.05, 4.69) is 6.07 Å². The first-order valence-electron chi connectivity index (χ1n) is 4.76. The molecule has 1 aromatic carbocycles. The van der Waals surface area contributed by atoms with Crippen LogP contribution in [0.5, 0.6) is 0 Å². The van der Waals surface area contributed by atoms with Crippen LogP contribution in [0.25, 0.3) is 0 Å². The number of hydrogen-bond acceptors (Lipinski definition) is 2. The van der Waals surface area contributed by atoms with Crippen LogP contribution in [0.2, 0.25) is 0 Å². The normalized spacial score (nSPS) is 14.9. The summed E-state index contributed by atoms with van der Waals surface area (Å²) < 4.78 is 0. The summed E-state index contributed by atoms with van der Waals surface area (Å²) in [6.07, 6.45) is 1.14. The lowest BCUT2D eigenvalue weighted by molar-refractivity contribution is -0.122. The van der Waals surface area contributed by atoms with Crippen molar-refractivity contribution >= 4 is 17.5 Å². The predicted molar refractivity (Wildman–Crippen MR) is 55.1 cm³/mol. The van der Waals surface area contributed by atoms with E-state index in [1.165, 1.54) is 4.90 Å². The van der Waals surface area contributed by atoms with E-state index in [0.717, 1.165) is 11.3 Å². The SMILES string of the molecule is NC(=O)CN1C(=O)CCc2c[c]ccc21. The number of aryl methyl sites for hydroxylation is 1. The van der Waals surface area contributed by atoms with Gasteiger partial charge in [-0.25, -0.2) is 0 Å². The summed E-state index contributed by atoms with van der Waals surface area (Å²) in [5.74, 6) is -0.545. The first-order valence-corrected chi connectivity index (χ1v) is 4.76. The van der Waals surface area contributed by atoms with E-state index in [9.17, 15) is 9.59 Å². The molecule has 1 heterocycles. The van der Waals surface area contributed by atoms with Crippen LogP contribution in [-0.4, -0.2) is 18.4 Å². The molecule has 15 heavy (non-hydrogen) atoms. The van der Waals surface area contributed by atoms with E-state index in [0.29, 0.717) is 12.8 Å². The molecule has 0 bridgehead atoms. The largest absolute Gasteiger partial charge is 0.368 e. The molecule has 77 valence electrons. The van der Waals surface area contributed by atoms with Crippen LogP contribution >= 0.6 is 0 Å². The monoisotopic (exact) mass is 203 g/mol. The number of nitrogens with two attached hydrogens (primary N) is 1. The minimum atomic E-state index is -0.496. The number of nitrogens with zero attached hydrogens (tertiary/aromatic N) is 1. The minimum Gasteiger partial charge on any atom is -0.368 e. The molecule has 0 unspecified atom stereocenters. The summed E-state index contributed by atoms with van der Waals surface area (Å²) in [5.41, 5.74) is 6.92. The molecule has 2 amide bonds. The molecule has 0 atom stereocenters. The van der Waals surface area contributed by atoms with Crippen LogP contribution < -0.4 is 10.6 Å². The zero-order valence-corrected chi connectivity index (χ0v) is 8.19. The Kier molecular flexibility index (Phi) is 2.41. The standard InChI is InChI=1S/C11H11N2O2/c12-10(14)7-13-9-4-2-1-3-8(9)5-6-11(13)15/h2-4H,5-7H2,(H2,12,14). The maximum atomic E-state index is 11.6. The summed E-state index contributed by atoms with van der Waals surface area (Å²) in [6.45, 7) is -0.0458. The van der Waals surface area contributed by atoms with Crippen molar-refractivity contribution in [3.8, 4) is 0 Å². The molecule has 2 rings (SSSR count). The van der Waals surface area contributed by atoms with Gasteiger partial charge in [0.25, 0.3) is 0 Å². The molecule has 1 aliphatic heterocycles. The van der Waals surface area contributed by atoms with Crippen LogP contribution in [0.3, 0.4) is 0 Å². The van der Waals surface area contributed by atoms with Crippen molar-refractivity contribution in [2.45, 2.75) is 12.8 Å². The average molecular weight is 203 g/mol. The Morgan fingerprint density at radius 3 is 3.07 bits per heavy atom. The second-order valence-corrected chi connectivity index (χ2v) is 3.50.